The first-order valence-corrected chi connectivity index (χ1v) is 8.57. The van der Waals surface area contributed by atoms with Gasteiger partial charge in [0.25, 0.3) is 0 Å². The van der Waals surface area contributed by atoms with E-state index in [9.17, 15) is 13.2 Å². The van der Waals surface area contributed by atoms with E-state index in [1.165, 1.54) is 0 Å². The number of nitrogens with one attached hydrogen (secondary N) is 2. The van der Waals surface area contributed by atoms with E-state index in [0.717, 1.165) is 11.8 Å². The van der Waals surface area contributed by atoms with Crippen molar-refractivity contribution in [2.45, 2.75) is 32.2 Å². The molecule has 0 radical (unpaired) electrons. The van der Waals surface area contributed by atoms with Crippen molar-refractivity contribution in [3.8, 4) is 0 Å². The highest BCUT2D eigenvalue weighted by atomic mass is 32.2. The lowest BCUT2D eigenvalue weighted by atomic mass is 10.1. The van der Waals surface area contributed by atoms with Crippen molar-refractivity contribution in [3.63, 3.8) is 0 Å². The van der Waals surface area contributed by atoms with E-state index in [2.05, 4.69) is 10.0 Å². The van der Waals surface area contributed by atoms with Crippen LogP contribution in [0.15, 0.2) is 24.3 Å². The first kappa shape index (κ1) is 17.5. The van der Waals surface area contributed by atoms with E-state index in [1.54, 1.807) is 19.9 Å². The lowest BCUT2D eigenvalue weighted by Crippen LogP contribution is -2.51. The zero-order valence-electron chi connectivity index (χ0n) is 12.6. The second-order valence-electron chi connectivity index (χ2n) is 5.78. The number of anilines is 1. The molecule has 0 heterocycles. The predicted molar refractivity (Wildman–Crippen MR) is 84.2 cm³/mol. The van der Waals surface area contributed by atoms with Crippen LogP contribution in [0.25, 0.3) is 0 Å². The van der Waals surface area contributed by atoms with Crippen LogP contribution in [0.4, 0.5) is 5.69 Å². The molecule has 0 aromatic heterocycles. The average molecular weight is 313 g/mol. The Morgan fingerprint density at radius 3 is 2.57 bits per heavy atom. The van der Waals surface area contributed by atoms with Crippen LogP contribution in [0.5, 0.6) is 0 Å². The van der Waals surface area contributed by atoms with Gasteiger partial charge in [0, 0.05) is 24.2 Å². The van der Waals surface area contributed by atoms with Crippen LogP contribution in [-0.2, 0) is 21.2 Å². The molecule has 7 heteroatoms. The molecule has 0 aliphatic carbocycles. The maximum absolute atomic E-state index is 11.8. The molecule has 0 fully saturated rings. The highest BCUT2D eigenvalue weighted by Gasteiger charge is 2.22. The topological polar surface area (TPSA) is 101 Å². The highest BCUT2D eigenvalue weighted by Crippen LogP contribution is 2.09. The number of hydrogen-bond acceptors (Lipinski definition) is 4. The van der Waals surface area contributed by atoms with Gasteiger partial charge in [-0.05, 0) is 38.0 Å². The smallest absolute Gasteiger partial charge is 0.220 e. The molecule has 1 aromatic carbocycles. The molecule has 0 saturated carbocycles. The first-order chi connectivity index (χ1) is 9.57. The van der Waals surface area contributed by atoms with Crippen LogP contribution < -0.4 is 15.8 Å². The van der Waals surface area contributed by atoms with E-state index < -0.39 is 15.6 Å². The summed E-state index contributed by atoms with van der Waals surface area (Å²) in [7, 11) is -3.30. The van der Waals surface area contributed by atoms with Crippen LogP contribution in [-0.4, -0.2) is 32.7 Å². The number of rotatable bonds is 7. The molecule has 0 saturated heterocycles. The molecule has 0 spiro atoms. The lowest BCUT2D eigenvalue weighted by molar-refractivity contribution is -0.121. The fraction of sp³-hybridized carbons (Fsp3) is 0.500. The molecule has 0 unspecified atom stereocenters. The number of benzene rings is 1. The standard InChI is InChI=1S/C14H23N3O3S/c1-14(2,17-21(3,19)20)10-16-13(18)8-7-11-5-4-6-12(15)9-11/h4-6,9,17H,7-8,10,15H2,1-3H3,(H,16,18). The summed E-state index contributed by atoms with van der Waals surface area (Å²) in [6.45, 7) is 3.66. The van der Waals surface area contributed by atoms with Gasteiger partial charge in [-0.15, -0.1) is 0 Å². The molecule has 0 bridgehead atoms. The first-order valence-electron chi connectivity index (χ1n) is 6.67. The Bertz CT molecular complexity index is 597. The van der Waals surface area contributed by atoms with Gasteiger partial charge in [-0.3, -0.25) is 4.79 Å². The van der Waals surface area contributed by atoms with Crippen molar-refractivity contribution in [3.05, 3.63) is 29.8 Å². The van der Waals surface area contributed by atoms with Crippen molar-refractivity contribution in [2.75, 3.05) is 18.5 Å². The Kier molecular flexibility index (Phi) is 5.74. The van der Waals surface area contributed by atoms with Crippen molar-refractivity contribution in [2.24, 2.45) is 0 Å². The minimum atomic E-state index is -3.30. The molecule has 4 N–H and O–H groups in total. The maximum Gasteiger partial charge on any atom is 0.220 e. The summed E-state index contributed by atoms with van der Waals surface area (Å²) >= 11 is 0. The normalized spacial score (nSPS) is 12.1. The predicted octanol–water partition coefficient (Wildman–Crippen LogP) is 0.645. The number of hydrogen-bond donors (Lipinski definition) is 3. The van der Waals surface area contributed by atoms with Gasteiger partial charge >= 0.3 is 0 Å². The molecule has 0 atom stereocenters. The van der Waals surface area contributed by atoms with Crippen LogP contribution in [0.2, 0.25) is 0 Å². The number of carbonyl (C=O) groups is 1. The van der Waals surface area contributed by atoms with Gasteiger partial charge in [0.2, 0.25) is 15.9 Å². The number of amides is 1. The van der Waals surface area contributed by atoms with Gasteiger partial charge in [-0.2, -0.15) is 0 Å². The second-order valence-corrected chi connectivity index (χ2v) is 7.53. The quantitative estimate of drug-likeness (QED) is 0.643. The zero-order chi connectivity index (χ0) is 16.1. The minimum Gasteiger partial charge on any atom is -0.399 e. The zero-order valence-corrected chi connectivity index (χ0v) is 13.5. The monoisotopic (exact) mass is 313 g/mol. The van der Waals surface area contributed by atoms with Gasteiger partial charge in [0.15, 0.2) is 0 Å². The van der Waals surface area contributed by atoms with Crippen molar-refractivity contribution in [1.29, 1.82) is 0 Å². The molecule has 21 heavy (non-hydrogen) atoms. The molecule has 118 valence electrons. The second kappa shape index (κ2) is 6.91. The van der Waals surface area contributed by atoms with Gasteiger partial charge in [0.05, 0.1) is 6.26 Å². The van der Waals surface area contributed by atoms with Crippen molar-refractivity contribution in [1.82, 2.24) is 10.0 Å². The number of carbonyl (C=O) groups excluding carboxylic acids is 1. The Hall–Kier alpha value is -1.60. The number of aryl methyl sites for hydroxylation is 1. The van der Waals surface area contributed by atoms with E-state index in [-0.39, 0.29) is 12.5 Å². The summed E-state index contributed by atoms with van der Waals surface area (Å²) in [5.41, 5.74) is 6.62. The third kappa shape index (κ3) is 7.67. The average Bonchev–Trinajstić information content (AvgIpc) is 2.31. The van der Waals surface area contributed by atoms with Crippen LogP contribution in [0, 0.1) is 0 Å². The summed E-state index contributed by atoms with van der Waals surface area (Å²) in [6, 6.07) is 7.39. The van der Waals surface area contributed by atoms with Gasteiger partial charge in [-0.1, -0.05) is 12.1 Å². The molecule has 1 aromatic rings. The van der Waals surface area contributed by atoms with Gasteiger partial charge in [0.1, 0.15) is 0 Å². The van der Waals surface area contributed by atoms with Crippen molar-refractivity contribution < 1.29 is 13.2 Å². The molecule has 6 nitrogen and oxygen atoms in total. The van der Waals surface area contributed by atoms with E-state index >= 15 is 0 Å². The third-order valence-electron chi connectivity index (χ3n) is 2.78. The summed E-state index contributed by atoms with van der Waals surface area (Å²) in [4.78, 5) is 11.8. The number of sulfonamides is 1. The third-order valence-corrected chi connectivity index (χ3v) is 3.70. The van der Waals surface area contributed by atoms with E-state index in [1.807, 2.05) is 18.2 Å². The number of nitrogen functional groups attached to an aromatic ring is 1. The molecular weight excluding hydrogens is 290 g/mol. The van der Waals surface area contributed by atoms with Crippen LogP contribution in [0.1, 0.15) is 25.8 Å². The van der Waals surface area contributed by atoms with Crippen LogP contribution in [0.3, 0.4) is 0 Å². The van der Waals surface area contributed by atoms with E-state index in [0.29, 0.717) is 18.5 Å². The molecule has 0 aliphatic rings. The van der Waals surface area contributed by atoms with Gasteiger partial charge in [-0.25, -0.2) is 13.1 Å². The van der Waals surface area contributed by atoms with Crippen molar-refractivity contribution >= 4 is 21.6 Å². The summed E-state index contributed by atoms with van der Waals surface area (Å²) in [5, 5.41) is 2.73. The molecular formula is C14H23N3O3S. The summed E-state index contributed by atoms with van der Waals surface area (Å²) < 4.78 is 24.9. The summed E-state index contributed by atoms with van der Waals surface area (Å²) in [6.07, 6.45) is 2.02. The lowest BCUT2D eigenvalue weighted by Gasteiger charge is -2.25. The maximum atomic E-state index is 11.8. The highest BCUT2D eigenvalue weighted by molar-refractivity contribution is 7.88. The fourth-order valence-electron chi connectivity index (χ4n) is 1.95. The number of nitrogens with two attached hydrogens (primary N) is 1. The molecule has 0 aliphatic heterocycles. The fourth-order valence-corrected chi connectivity index (χ4v) is 3.03. The Labute approximate surface area is 126 Å². The van der Waals surface area contributed by atoms with Crippen LogP contribution >= 0.6 is 0 Å². The Morgan fingerprint density at radius 2 is 2.00 bits per heavy atom. The largest absolute Gasteiger partial charge is 0.399 e. The molecule has 1 rings (SSSR count). The Morgan fingerprint density at radius 1 is 1.33 bits per heavy atom. The molecule has 1 amide bonds. The van der Waals surface area contributed by atoms with E-state index in [4.69, 9.17) is 5.73 Å². The van der Waals surface area contributed by atoms with Gasteiger partial charge < -0.3 is 11.1 Å². The summed E-state index contributed by atoms with van der Waals surface area (Å²) in [5.74, 6) is -0.124. The minimum absolute atomic E-state index is 0.124. The SMILES string of the molecule is CC(C)(CNC(=O)CCc1cccc(N)c1)NS(C)(=O)=O. The Balaban J connectivity index is 2.41.